The first-order chi connectivity index (χ1) is 10.5. The van der Waals surface area contributed by atoms with Crippen molar-refractivity contribution < 1.29 is 0 Å². The summed E-state index contributed by atoms with van der Waals surface area (Å²) in [5.41, 5.74) is 6.73. The van der Waals surface area contributed by atoms with Crippen molar-refractivity contribution >= 4 is 18.2 Å². The summed E-state index contributed by atoms with van der Waals surface area (Å²) in [6, 6.07) is 8.75. The number of benzene rings is 1. The molecule has 0 bridgehead atoms. The fourth-order valence-electron chi connectivity index (χ4n) is 3.46. The zero-order chi connectivity index (χ0) is 16.9. The van der Waals surface area contributed by atoms with E-state index >= 15 is 0 Å². The number of fused-ring (bicyclic) bond motifs is 1. The fourth-order valence-corrected chi connectivity index (χ4v) is 3.70. The lowest BCUT2D eigenvalue weighted by atomic mass is 9.73. The molecule has 0 unspecified atom stereocenters. The highest BCUT2D eigenvalue weighted by atomic mass is 32.1. The second-order valence-electron chi connectivity index (χ2n) is 5.68. The summed E-state index contributed by atoms with van der Waals surface area (Å²) < 4.78 is 0. The highest BCUT2D eigenvalue weighted by molar-refractivity contribution is 7.85. The van der Waals surface area contributed by atoms with Gasteiger partial charge in [0.25, 0.3) is 0 Å². The summed E-state index contributed by atoms with van der Waals surface area (Å²) in [4.78, 5) is 1.09. The highest BCUT2D eigenvalue weighted by Gasteiger charge is 2.41. The van der Waals surface area contributed by atoms with Gasteiger partial charge in [0.15, 0.2) is 0 Å². The van der Waals surface area contributed by atoms with Crippen LogP contribution in [0.3, 0.4) is 0 Å². The molecule has 0 fully saturated rings. The van der Waals surface area contributed by atoms with Gasteiger partial charge in [0.05, 0.1) is 0 Å². The smallest absolute Gasteiger partial charge is 0.0210 e. The molecule has 0 N–H and O–H groups in total. The lowest BCUT2D eigenvalue weighted by Gasteiger charge is -2.30. The molecule has 1 aliphatic carbocycles. The summed E-state index contributed by atoms with van der Waals surface area (Å²) in [6.45, 7) is 16.9. The normalized spacial score (nSPS) is 14.2. The van der Waals surface area contributed by atoms with Crippen molar-refractivity contribution in [2.75, 3.05) is 0 Å². The van der Waals surface area contributed by atoms with Gasteiger partial charge in [-0.25, -0.2) is 0 Å². The van der Waals surface area contributed by atoms with Gasteiger partial charge in [-0.3, -0.25) is 0 Å². The molecular weight excluding hydrogens is 296 g/mol. The second-order valence-corrected chi connectivity index (χ2v) is 6.12. The molecule has 0 amide bonds. The van der Waals surface area contributed by atoms with Crippen molar-refractivity contribution in [3.05, 3.63) is 64.1 Å². The Morgan fingerprint density at radius 3 is 2.09 bits per heavy atom. The van der Waals surface area contributed by atoms with E-state index < -0.39 is 0 Å². The Morgan fingerprint density at radius 1 is 1.13 bits per heavy atom. The first-order valence-electron chi connectivity index (χ1n) is 8.37. The third-order valence-electron chi connectivity index (χ3n) is 4.62. The molecule has 0 heterocycles. The van der Waals surface area contributed by atoms with Crippen molar-refractivity contribution in [3.63, 3.8) is 0 Å². The molecule has 0 aromatic heterocycles. The minimum Gasteiger partial charge on any atom is -0.143 e. The van der Waals surface area contributed by atoms with Gasteiger partial charge in [-0.2, -0.15) is 0 Å². The lowest BCUT2D eigenvalue weighted by molar-refractivity contribution is 0.486. The van der Waals surface area contributed by atoms with Crippen LogP contribution in [0.2, 0.25) is 0 Å². The summed E-state index contributed by atoms with van der Waals surface area (Å²) in [6.07, 6.45) is 4.23. The Kier molecular flexibility index (Phi) is 8.69. The van der Waals surface area contributed by atoms with Crippen molar-refractivity contribution in [3.8, 4) is 0 Å². The maximum absolute atomic E-state index is 4.79. The Hall–Kier alpha value is -1.21. The average Bonchev–Trinajstić information content (AvgIpc) is 2.85. The van der Waals surface area contributed by atoms with E-state index in [4.69, 9.17) is 12.6 Å². The van der Waals surface area contributed by atoms with E-state index in [0.717, 1.165) is 17.7 Å². The van der Waals surface area contributed by atoms with Crippen LogP contribution in [0, 0.1) is 0 Å². The molecule has 0 atom stereocenters. The van der Waals surface area contributed by atoms with Gasteiger partial charge in [0.2, 0.25) is 0 Å². The average molecular weight is 331 g/mol. The largest absolute Gasteiger partial charge is 0.143 e. The van der Waals surface area contributed by atoms with Crippen LogP contribution in [0.5, 0.6) is 0 Å². The second kappa shape index (κ2) is 9.17. The summed E-state index contributed by atoms with van der Waals surface area (Å²) in [5.74, 6) is 0. The van der Waals surface area contributed by atoms with E-state index in [9.17, 15) is 0 Å². The maximum atomic E-state index is 4.79. The quantitative estimate of drug-likeness (QED) is 0.540. The molecule has 0 radical (unpaired) electrons. The summed E-state index contributed by atoms with van der Waals surface area (Å²) in [5, 5.41) is 0. The SMILES string of the molecule is C.C=CC1=C(C(S)=C(C)C)c2ccccc2C1(CC)CC.CC. The van der Waals surface area contributed by atoms with Crippen molar-refractivity contribution in [2.24, 2.45) is 0 Å². The lowest BCUT2D eigenvalue weighted by Crippen LogP contribution is -2.23. The Bertz CT molecular complexity index is 594. The van der Waals surface area contributed by atoms with E-state index in [1.165, 1.54) is 27.8 Å². The van der Waals surface area contributed by atoms with Crippen LogP contribution in [-0.4, -0.2) is 0 Å². The van der Waals surface area contributed by atoms with Gasteiger partial charge in [-0.1, -0.05) is 77.6 Å². The molecule has 0 spiro atoms. The number of thiol groups is 1. The maximum Gasteiger partial charge on any atom is 0.0210 e. The number of hydrogen-bond acceptors (Lipinski definition) is 1. The molecule has 128 valence electrons. The predicted molar refractivity (Wildman–Crippen MR) is 111 cm³/mol. The van der Waals surface area contributed by atoms with E-state index in [-0.39, 0.29) is 12.8 Å². The van der Waals surface area contributed by atoms with Crippen LogP contribution >= 0.6 is 12.6 Å². The minimum atomic E-state index is 0. The Morgan fingerprint density at radius 2 is 1.65 bits per heavy atom. The molecule has 0 saturated heterocycles. The Balaban J connectivity index is 0.00000155. The minimum absolute atomic E-state index is 0. The van der Waals surface area contributed by atoms with E-state index in [0.29, 0.717) is 0 Å². The molecule has 0 aliphatic heterocycles. The van der Waals surface area contributed by atoms with Gasteiger partial charge in [0.1, 0.15) is 0 Å². The third-order valence-corrected chi connectivity index (χ3v) is 5.29. The monoisotopic (exact) mass is 330 g/mol. The zero-order valence-corrected chi connectivity index (χ0v) is 15.8. The molecule has 1 aromatic rings. The van der Waals surface area contributed by atoms with Crippen LogP contribution in [0.25, 0.3) is 5.57 Å². The van der Waals surface area contributed by atoms with Crippen LogP contribution < -0.4 is 0 Å². The summed E-state index contributed by atoms with van der Waals surface area (Å²) in [7, 11) is 0. The van der Waals surface area contributed by atoms with Crippen LogP contribution in [0.1, 0.15) is 72.9 Å². The van der Waals surface area contributed by atoms with E-state index in [1.807, 2.05) is 19.9 Å². The van der Waals surface area contributed by atoms with Crippen LogP contribution in [-0.2, 0) is 5.41 Å². The third kappa shape index (κ3) is 3.50. The highest BCUT2D eigenvalue weighted by Crippen LogP contribution is 2.53. The van der Waals surface area contributed by atoms with Crippen LogP contribution in [0.4, 0.5) is 0 Å². The molecular formula is C22H34S. The van der Waals surface area contributed by atoms with Crippen LogP contribution in [0.15, 0.2) is 53.0 Å². The predicted octanol–water partition coefficient (Wildman–Crippen LogP) is 7.58. The van der Waals surface area contributed by atoms with Crippen molar-refractivity contribution in [2.45, 2.75) is 67.2 Å². The first kappa shape index (κ1) is 21.8. The summed E-state index contributed by atoms with van der Waals surface area (Å²) >= 11 is 4.79. The van der Waals surface area contributed by atoms with Gasteiger partial charge in [-0.15, -0.1) is 12.6 Å². The van der Waals surface area contributed by atoms with E-state index in [2.05, 4.69) is 58.5 Å². The Labute approximate surface area is 149 Å². The molecule has 23 heavy (non-hydrogen) atoms. The van der Waals surface area contributed by atoms with Gasteiger partial charge in [0, 0.05) is 10.3 Å². The molecule has 1 aliphatic rings. The fraction of sp³-hybridized carbons (Fsp3) is 0.455. The van der Waals surface area contributed by atoms with Gasteiger partial charge < -0.3 is 0 Å². The van der Waals surface area contributed by atoms with Gasteiger partial charge in [-0.05, 0) is 49.0 Å². The molecule has 0 saturated carbocycles. The van der Waals surface area contributed by atoms with E-state index in [1.54, 1.807) is 0 Å². The molecule has 1 aromatic carbocycles. The first-order valence-corrected chi connectivity index (χ1v) is 8.82. The molecule has 0 nitrogen and oxygen atoms in total. The number of rotatable bonds is 4. The van der Waals surface area contributed by atoms with Gasteiger partial charge >= 0.3 is 0 Å². The standard InChI is InChI=1S/C19H24S.C2H6.CH4/c1-6-15-17(18(20)13(4)5)14-11-9-10-12-16(14)19(15,7-2)8-3;1-2;/h6,9-12,20H,1,7-8H2,2-5H3;1-2H3;1H4. The topological polar surface area (TPSA) is 0 Å². The zero-order valence-electron chi connectivity index (χ0n) is 15.0. The molecule has 2 rings (SSSR count). The van der Waals surface area contributed by atoms with Crippen molar-refractivity contribution in [1.82, 2.24) is 0 Å². The number of hydrogen-bond donors (Lipinski definition) is 1. The van der Waals surface area contributed by atoms with Crippen molar-refractivity contribution in [1.29, 1.82) is 0 Å². The molecule has 1 heteroatoms. The number of allylic oxidation sites excluding steroid dienone is 4.